The van der Waals surface area contributed by atoms with Crippen LogP contribution in [-0.2, 0) is 6.42 Å². The topological polar surface area (TPSA) is 63.9 Å². The minimum Gasteiger partial charge on any atom is -0.508 e. The lowest BCUT2D eigenvalue weighted by atomic mass is 10.0. The van der Waals surface area contributed by atoms with Crippen molar-refractivity contribution in [2.24, 2.45) is 0 Å². The summed E-state index contributed by atoms with van der Waals surface area (Å²) in [6.45, 7) is 5.76. The molecule has 0 heterocycles. The maximum atomic E-state index is 10.6. The Kier molecular flexibility index (Phi) is 6.02. The molecule has 124 valence electrons. The molecule has 2 rings (SSSR count). The number of nitrogens with zero attached hydrogens (tertiary/aromatic N) is 1. The molecule has 0 spiro atoms. The normalized spacial score (nSPS) is 13.9. The van der Waals surface area contributed by atoms with Crippen LogP contribution in [-0.4, -0.2) is 39.4 Å². The van der Waals surface area contributed by atoms with Gasteiger partial charge in [-0.2, -0.15) is 0 Å². The van der Waals surface area contributed by atoms with Crippen molar-refractivity contribution in [3.05, 3.63) is 59.7 Å². The van der Waals surface area contributed by atoms with Crippen LogP contribution in [0.4, 0.5) is 0 Å². The Labute approximate surface area is 137 Å². The fourth-order valence-electron chi connectivity index (χ4n) is 2.73. The van der Waals surface area contributed by atoms with Crippen molar-refractivity contribution in [3.63, 3.8) is 0 Å². The highest BCUT2D eigenvalue weighted by molar-refractivity contribution is 5.28. The molecule has 4 nitrogen and oxygen atoms in total. The Hall–Kier alpha value is -2.04. The van der Waals surface area contributed by atoms with Crippen LogP contribution in [0.25, 0.3) is 0 Å². The average Bonchev–Trinajstić information content (AvgIpc) is 2.57. The highest BCUT2D eigenvalue weighted by Gasteiger charge is 2.21. The zero-order chi connectivity index (χ0) is 16.8. The lowest BCUT2D eigenvalue weighted by Crippen LogP contribution is -2.38. The number of benzene rings is 2. The molecule has 0 radical (unpaired) electrons. The van der Waals surface area contributed by atoms with E-state index in [-0.39, 0.29) is 17.5 Å². The Morgan fingerprint density at radius 1 is 0.913 bits per heavy atom. The van der Waals surface area contributed by atoms with Gasteiger partial charge in [0.25, 0.3) is 0 Å². The van der Waals surface area contributed by atoms with Crippen LogP contribution in [0.5, 0.6) is 11.5 Å². The van der Waals surface area contributed by atoms with Crippen molar-refractivity contribution in [2.75, 3.05) is 13.1 Å². The number of likely N-dealkylation sites (N-methyl/N-ethyl adjacent to an activating group) is 1. The second kappa shape index (κ2) is 7.99. The Morgan fingerprint density at radius 3 is 1.96 bits per heavy atom. The van der Waals surface area contributed by atoms with E-state index in [4.69, 9.17) is 0 Å². The summed E-state index contributed by atoms with van der Waals surface area (Å²) >= 11 is 0. The van der Waals surface area contributed by atoms with Crippen molar-refractivity contribution >= 4 is 0 Å². The van der Waals surface area contributed by atoms with E-state index in [9.17, 15) is 15.3 Å². The number of hydrogen-bond acceptors (Lipinski definition) is 4. The molecule has 0 fully saturated rings. The van der Waals surface area contributed by atoms with E-state index < -0.39 is 6.10 Å². The van der Waals surface area contributed by atoms with Gasteiger partial charge in [-0.05, 0) is 55.3 Å². The van der Waals surface area contributed by atoms with Gasteiger partial charge in [0, 0.05) is 12.6 Å². The molecule has 0 saturated carbocycles. The first-order chi connectivity index (χ1) is 11.0. The standard InChI is InChI=1S/C19H25NO3/c1-3-20(13-12-15-4-8-17(21)9-5-15)14(2)19(23)16-6-10-18(22)11-7-16/h4-11,14,19,21-23H,3,12-13H2,1-2H3. The quantitative estimate of drug-likeness (QED) is 0.735. The Bertz CT molecular complexity index is 595. The monoisotopic (exact) mass is 315 g/mol. The number of hydrogen-bond donors (Lipinski definition) is 3. The molecule has 2 aromatic carbocycles. The number of phenolic OH excluding ortho intramolecular Hbond substituents is 2. The second-order valence-corrected chi connectivity index (χ2v) is 5.82. The number of aliphatic hydroxyl groups is 1. The maximum Gasteiger partial charge on any atom is 0.115 e. The minimum atomic E-state index is -0.602. The van der Waals surface area contributed by atoms with Gasteiger partial charge in [-0.25, -0.2) is 0 Å². The maximum absolute atomic E-state index is 10.6. The highest BCUT2D eigenvalue weighted by atomic mass is 16.3. The molecule has 2 aromatic rings. The first-order valence-electron chi connectivity index (χ1n) is 8.00. The van der Waals surface area contributed by atoms with Crippen LogP contribution in [0.1, 0.15) is 31.1 Å². The SMILES string of the molecule is CCN(CCc1ccc(O)cc1)C(C)C(O)c1ccc(O)cc1. The van der Waals surface area contributed by atoms with Crippen molar-refractivity contribution in [3.8, 4) is 11.5 Å². The third-order valence-electron chi connectivity index (χ3n) is 4.30. The summed E-state index contributed by atoms with van der Waals surface area (Å²) in [4.78, 5) is 2.23. The van der Waals surface area contributed by atoms with Gasteiger partial charge in [-0.15, -0.1) is 0 Å². The molecular weight excluding hydrogens is 290 g/mol. The van der Waals surface area contributed by atoms with Gasteiger partial charge in [-0.1, -0.05) is 31.2 Å². The van der Waals surface area contributed by atoms with E-state index >= 15 is 0 Å². The molecule has 2 unspecified atom stereocenters. The van der Waals surface area contributed by atoms with Crippen molar-refractivity contribution in [2.45, 2.75) is 32.4 Å². The largest absolute Gasteiger partial charge is 0.508 e. The second-order valence-electron chi connectivity index (χ2n) is 5.82. The van der Waals surface area contributed by atoms with Gasteiger partial charge in [0.2, 0.25) is 0 Å². The fraction of sp³-hybridized carbons (Fsp3) is 0.368. The third kappa shape index (κ3) is 4.71. The predicted molar refractivity (Wildman–Crippen MR) is 91.6 cm³/mol. The van der Waals surface area contributed by atoms with Gasteiger partial charge in [0.05, 0.1) is 6.10 Å². The summed E-state index contributed by atoms with van der Waals surface area (Å²) in [5.74, 6) is 0.477. The van der Waals surface area contributed by atoms with E-state index in [1.54, 1.807) is 36.4 Å². The molecule has 0 aliphatic carbocycles. The Morgan fingerprint density at radius 2 is 1.43 bits per heavy atom. The summed E-state index contributed by atoms with van der Waals surface area (Å²) in [6.07, 6.45) is 0.260. The Balaban J connectivity index is 1.98. The number of phenols is 2. The summed E-state index contributed by atoms with van der Waals surface area (Å²) in [5.41, 5.74) is 1.96. The number of aliphatic hydroxyl groups excluding tert-OH is 1. The summed E-state index contributed by atoms with van der Waals surface area (Å²) < 4.78 is 0. The highest BCUT2D eigenvalue weighted by Crippen LogP contribution is 2.23. The van der Waals surface area contributed by atoms with E-state index in [0.29, 0.717) is 0 Å². The average molecular weight is 315 g/mol. The molecular formula is C19H25NO3. The van der Waals surface area contributed by atoms with Crippen LogP contribution in [0.3, 0.4) is 0 Å². The number of rotatable bonds is 7. The van der Waals surface area contributed by atoms with E-state index in [1.807, 2.05) is 19.1 Å². The van der Waals surface area contributed by atoms with Crippen LogP contribution >= 0.6 is 0 Å². The smallest absolute Gasteiger partial charge is 0.115 e. The van der Waals surface area contributed by atoms with Gasteiger partial charge >= 0.3 is 0 Å². The minimum absolute atomic E-state index is 0.0262. The lowest BCUT2D eigenvalue weighted by Gasteiger charge is -2.31. The van der Waals surface area contributed by atoms with Crippen LogP contribution in [0.2, 0.25) is 0 Å². The molecule has 2 atom stereocenters. The third-order valence-corrected chi connectivity index (χ3v) is 4.30. The first kappa shape index (κ1) is 17.3. The summed E-state index contributed by atoms with van der Waals surface area (Å²) in [7, 11) is 0. The molecule has 4 heteroatoms. The molecule has 0 aliphatic heterocycles. The zero-order valence-electron chi connectivity index (χ0n) is 13.7. The van der Waals surface area contributed by atoms with E-state index in [0.717, 1.165) is 30.6 Å². The van der Waals surface area contributed by atoms with Gasteiger partial charge in [-0.3, -0.25) is 4.90 Å². The lowest BCUT2D eigenvalue weighted by molar-refractivity contribution is 0.0613. The van der Waals surface area contributed by atoms with Crippen molar-refractivity contribution < 1.29 is 15.3 Å². The molecule has 0 bridgehead atoms. The molecule has 0 amide bonds. The van der Waals surface area contributed by atoms with E-state index in [1.165, 1.54) is 0 Å². The number of aromatic hydroxyl groups is 2. The summed E-state index contributed by atoms with van der Waals surface area (Å²) in [6, 6.07) is 13.9. The fourth-order valence-corrected chi connectivity index (χ4v) is 2.73. The van der Waals surface area contributed by atoms with Gasteiger partial charge in [0.15, 0.2) is 0 Å². The molecule has 0 aliphatic rings. The molecule has 23 heavy (non-hydrogen) atoms. The first-order valence-corrected chi connectivity index (χ1v) is 8.00. The summed E-state index contributed by atoms with van der Waals surface area (Å²) in [5, 5.41) is 29.2. The van der Waals surface area contributed by atoms with Gasteiger partial charge < -0.3 is 15.3 Å². The van der Waals surface area contributed by atoms with Crippen molar-refractivity contribution in [1.82, 2.24) is 4.90 Å². The molecule has 3 N–H and O–H groups in total. The van der Waals surface area contributed by atoms with Gasteiger partial charge in [0.1, 0.15) is 11.5 Å². The van der Waals surface area contributed by atoms with Crippen LogP contribution < -0.4 is 0 Å². The van der Waals surface area contributed by atoms with Crippen LogP contribution in [0.15, 0.2) is 48.5 Å². The zero-order valence-corrected chi connectivity index (χ0v) is 13.7. The van der Waals surface area contributed by atoms with Crippen LogP contribution in [0, 0.1) is 0 Å². The molecule has 0 aromatic heterocycles. The van der Waals surface area contributed by atoms with E-state index in [2.05, 4.69) is 11.8 Å². The van der Waals surface area contributed by atoms with Crippen molar-refractivity contribution in [1.29, 1.82) is 0 Å². The predicted octanol–water partition coefficient (Wildman–Crippen LogP) is 3.08. The molecule has 0 saturated heterocycles.